The first kappa shape index (κ1) is 23.8. The van der Waals surface area contributed by atoms with Crippen molar-refractivity contribution < 1.29 is 9.59 Å². The molecule has 0 bridgehead atoms. The van der Waals surface area contributed by atoms with Gasteiger partial charge in [-0.25, -0.2) is 0 Å². The Kier molecular flexibility index (Phi) is 6.83. The van der Waals surface area contributed by atoms with E-state index in [1.807, 2.05) is 97.1 Å². The number of nitrogens with one attached hydrogen (secondary N) is 1. The lowest BCUT2D eigenvalue weighted by Crippen LogP contribution is -2.14. The Bertz CT molecular complexity index is 1590. The molecule has 5 rings (SSSR count). The molecule has 0 radical (unpaired) electrons. The minimum absolute atomic E-state index is 0.0279. The first-order chi connectivity index (χ1) is 17.6. The SMILES string of the molecule is CCn1c2ccc(C(=O)C(=N)CCSc3ccccc3)cc2c2cc(C(=O)c3ccccc3)ccc21. The average Bonchev–Trinajstić information content (AvgIpc) is 3.25. The molecule has 5 aromatic rings. The lowest BCUT2D eigenvalue weighted by Gasteiger charge is -2.06. The summed E-state index contributed by atoms with van der Waals surface area (Å²) in [5.74, 6) is 0.399. The molecule has 0 unspecified atom stereocenters. The molecular formula is C31H26N2O2S. The molecule has 0 saturated heterocycles. The molecule has 178 valence electrons. The number of fused-ring (bicyclic) bond motifs is 3. The van der Waals surface area contributed by atoms with Gasteiger partial charge in [0, 0.05) is 62.1 Å². The highest BCUT2D eigenvalue weighted by atomic mass is 32.2. The fraction of sp³-hybridized carbons (Fsp3) is 0.129. The van der Waals surface area contributed by atoms with Gasteiger partial charge in [0.05, 0.1) is 5.71 Å². The van der Waals surface area contributed by atoms with E-state index in [0.29, 0.717) is 28.9 Å². The van der Waals surface area contributed by atoms with E-state index in [0.717, 1.165) is 33.2 Å². The van der Waals surface area contributed by atoms with Gasteiger partial charge in [-0.3, -0.25) is 9.59 Å². The molecular weight excluding hydrogens is 464 g/mol. The summed E-state index contributed by atoms with van der Waals surface area (Å²) in [6, 6.07) is 30.7. The zero-order valence-electron chi connectivity index (χ0n) is 20.0. The van der Waals surface area contributed by atoms with Crippen molar-refractivity contribution in [3.63, 3.8) is 0 Å². The number of aromatic nitrogens is 1. The van der Waals surface area contributed by atoms with E-state index in [1.54, 1.807) is 11.8 Å². The Morgan fingerprint density at radius 3 is 1.97 bits per heavy atom. The van der Waals surface area contributed by atoms with Crippen LogP contribution in [0.15, 0.2) is 102 Å². The van der Waals surface area contributed by atoms with E-state index >= 15 is 0 Å². The van der Waals surface area contributed by atoms with E-state index in [1.165, 1.54) is 0 Å². The van der Waals surface area contributed by atoms with Crippen LogP contribution in [0.2, 0.25) is 0 Å². The third-order valence-electron chi connectivity index (χ3n) is 6.38. The fourth-order valence-corrected chi connectivity index (χ4v) is 5.45. The number of aryl methyl sites for hydroxylation is 1. The lowest BCUT2D eigenvalue weighted by atomic mass is 9.99. The van der Waals surface area contributed by atoms with Gasteiger partial charge in [-0.2, -0.15) is 0 Å². The van der Waals surface area contributed by atoms with Crippen molar-refractivity contribution in [2.45, 2.75) is 24.8 Å². The molecule has 0 amide bonds. The number of carbonyl (C=O) groups is 2. The molecule has 1 aromatic heterocycles. The number of hydrogen-bond acceptors (Lipinski definition) is 4. The molecule has 0 saturated carbocycles. The van der Waals surface area contributed by atoms with Gasteiger partial charge in [0.2, 0.25) is 5.78 Å². The number of rotatable bonds is 9. The highest BCUT2D eigenvalue weighted by molar-refractivity contribution is 7.99. The highest BCUT2D eigenvalue weighted by Crippen LogP contribution is 2.31. The van der Waals surface area contributed by atoms with Crippen LogP contribution in [0, 0.1) is 5.41 Å². The van der Waals surface area contributed by atoms with Crippen LogP contribution >= 0.6 is 11.8 Å². The fourth-order valence-electron chi connectivity index (χ4n) is 4.56. The summed E-state index contributed by atoms with van der Waals surface area (Å²) in [7, 11) is 0. The molecule has 5 heteroatoms. The number of Topliss-reactive ketones (excluding diaryl/α,β-unsaturated/α-hetero) is 1. The maximum Gasteiger partial charge on any atom is 0.206 e. The standard InChI is InChI=1S/C31H26N2O2S/c1-2-33-28-15-13-22(30(34)21-9-5-3-6-10-21)19-25(28)26-20-23(14-16-29(26)33)31(35)27(32)17-18-36-24-11-7-4-8-12-24/h3-16,19-20,32H,2,17-18H2,1H3. The first-order valence-electron chi connectivity index (χ1n) is 12.0. The largest absolute Gasteiger partial charge is 0.341 e. The molecule has 1 N–H and O–H groups in total. The minimum Gasteiger partial charge on any atom is -0.341 e. The summed E-state index contributed by atoms with van der Waals surface area (Å²) < 4.78 is 2.19. The molecule has 0 spiro atoms. The van der Waals surface area contributed by atoms with E-state index < -0.39 is 0 Å². The number of nitrogens with zero attached hydrogens (tertiary/aromatic N) is 1. The first-order valence-corrected chi connectivity index (χ1v) is 13.0. The number of benzene rings is 4. The van der Waals surface area contributed by atoms with E-state index in [4.69, 9.17) is 5.41 Å². The summed E-state index contributed by atoms with van der Waals surface area (Å²) in [6.45, 7) is 2.85. The topological polar surface area (TPSA) is 62.9 Å². The van der Waals surface area contributed by atoms with Gasteiger partial charge in [-0.1, -0.05) is 48.5 Å². The zero-order valence-corrected chi connectivity index (χ0v) is 20.8. The normalized spacial score (nSPS) is 11.1. The second-order valence-electron chi connectivity index (χ2n) is 8.62. The second kappa shape index (κ2) is 10.3. The predicted octanol–water partition coefficient (Wildman–Crippen LogP) is 7.43. The number of thioether (sulfide) groups is 1. The Labute approximate surface area is 214 Å². The van der Waals surface area contributed by atoms with Crippen molar-refractivity contribution in [2.75, 3.05) is 5.75 Å². The average molecular weight is 491 g/mol. The van der Waals surface area contributed by atoms with Crippen LogP contribution in [-0.4, -0.2) is 27.6 Å². The van der Waals surface area contributed by atoms with Gasteiger partial charge in [-0.15, -0.1) is 11.8 Å². The van der Waals surface area contributed by atoms with Gasteiger partial charge in [0.1, 0.15) is 0 Å². The molecule has 0 aliphatic rings. The van der Waals surface area contributed by atoms with Crippen LogP contribution in [-0.2, 0) is 6.54 Å². The van der Waals surface area contributed by atoms with Gasteiger partial charge < -0.3 is 9.98 Å². The van der Waals surface area contributed by atoms with Crippen LogP contribution in [0.3, 0.4) is 0 Å². The maximum atomic E-state index is 13.1. The van der Waals surface area contributed by atoms with E-state index in [9.17, 15) is 9.59 Å². The van der Waals surface area contributed by atoms with Crippen LogP contribution in [0.25, 0.3) is 21.8 Å². The molecule has 4 nitrogen and oxygen atoms in total. The number of ketones is 2. The van der Waals surface area contributed by atoms with Crippen LogP contribution in [0.4, 0.5) is 0 Å². The van der Waals surface area contributed by atoms with Gasteiger partial charge in [0.25, 0.3) is 0 Å². The number of carbonyl (C=O) groups excluding carboxylic acids is 2. The Morgan fingerprint density at radius 1 is 0.750 bits per heavy atom. The van der Waals surface area contributed by atoms with E-state index in [-0.39, 0.29) is 17.3 Å². The molecule has 36 heavy (non-hydrogen) atoms. The second-order valence-corrected chi connectivity index (χ2v) is 9.79. The van der Waals surface area contributed by atoms with Crippen molar-refractivity contribution >= 4 is 50.8 Å². The zero-order chi connectivity index (χ0) is 25.1. The van der Waals surface area contributed by atoms with Crippen molar-refractivity contribution in [1.82, 2.24) is 4.57 Å². The summed E-state index contributed by atoms with van der Waals surface area (Å²) >= 11 is 1.65. The lowest BCUT2D eigenvalue weighted by molar-refractivity contribution is 0.103. The summed E-state index contributed by atoms with van der Waals surface area (Å²) in [4.78, 5) is 27.3. The molecule has 1 heterocycles. The highest BCUT2D eigenvalue weighted by Gasteiger charge is 2.18. The molecule has 0 fully saturated rings. The van der Waals surface area contributed by atoms with E-state index in [2.05, 4.69) is 11.5 Å². The van der Waals surface area contributed by atoms with Crippen molar-refractivity contribution in [3.05, 3.63) is 114 Å². The Balaban J connectivity index is 1.45. The third-order valence-corrected chi connectivity index (χ3v) is 7.39. The third kappa shape index (κ3) is 4.62. The monoisotopic (exact) mass is 490 g/mol. The van der Waals surface area contributed by atoms with Gasteiger partial charge >= 0.3 is 0 Å². The molecule has 4 aromatic carbocycles. The summed E-state index contributed by atoms with van der Waals surface area (Å²) in [6.07, 6.45) is 0.406. The van der Waals surface area contributed by atoms with Crippen molar-refractivity contribution in [2.24, 2.45) is 0 Å². The molecule has 0 aliphatic carbocycles. The minimum atomic E-state index is -0.250. The van der Waals surface area contributed by atoms with Crippen LogP contribution in [0.5, 0.6) is 0 Å². The van der Waals surface area contributed by atoms with Crippen LogP contribution < -0.4 is 0 Å². The molecule has 0 aliphatic heterocycles. The quantitative estimate of drug-likeness (QED) is 0.133. The van der Waals surface area contributed by atoms with Crippen molar-refractivity contribution in [3.8, 4) is 0 Å². The Hall–Kier alpha value is -3.96. The maximum absolute atomic E-state index is 13.1. The van der Waals surface area contributed by atoms with Crippen molar-refractivity contribution in [1.29, 1.82) is 5.41 Å². The smallest absolute Gasteiger partial charge is 0.206 e. The van der Waals surface area contributed by atoms with Gasteiger partial charge in [0.15, 0.2) is 5.78 Å². The predicted molar refractivity (Wildman–Crippen MR) is 149 cm³/mol. The summed E-state index contributed by atoms with van der Waals surface area (Å²) in [5, 5.41) is 10.2. The Morgan fingerprint density at radius 2 is 1.33 bits per heavy atom. The van der Waals surface area contributed by atoms with Crippen LogP contribution in [0.1, 0.15) is 39.6 Å². The molecule has 0 atom stereocenters. The van der Waals surface area contributed by atoms with Gasteiger partial charge in [-0.05, 0) is 55.5 Å². The number of hydrogen-bond donors (Lipinski definition) is 1. The summed E-state index contributed by atoms with van der Waals surface area (Å²) in [5.41, 5.74) is 3.92.